The molecule has 0 aliphatic carbocycles. The summed E-state index contributed by atoms with van der Waals surface area (Å²) in [4.78, 5) is 12.9. The van der Waals surface area contributed by atoms with Crippen LogP contribution < -0.4 is 4.90 Å². The molecule has 0 spiro atoms. The lowest BCUT2D eigenvalue weighted by Gasteiger charge is -2.28. The van der Waals surface area contributed by atoms with Crippen molar-refractivity contribution in [1.82, 2.24) is 0 Å². The maximum absolute atomic E-state index is 10.8. The van der Waals surface area contributed by atoms with Gasteiger partial charge >= 0.3 is 5.97 Å². The zero-order valence-electron chi connectivity index (χ0n) is 10.7. The van der Waals surface area contributed by atoms with Gasteiger partial charge in [0.1, 0.15) is 0 Å². The molecule has 0 aromatic heterocycles. The third-order valence-electron chi connectivity index (χ3n) is 2.89. The van der Waals surface area contributed by atoms with Crippen LogP contribution in [0.5, 0.6) is 0 Å². The van der Waals surface area contributed by atoms with Crippen LogP contribution in [0.1, 0.15) is 22.8 Å². The molecule has 0 aliphatic heterocycles. The van der Waals surface area contributed by atoms with E-state index in [0.29, 0.717) is 12.2 Å². The first-order chi connectivity index (χ1) is 7.97. The Morgan fingerprint density at radius 3 is 2.65 bits per heavy atom. The molecule has 1 unspecified atom stereocenters. The number of likely N-dealkylation sites (N-methyl/N-ethyl adjacent to an activating group) is 1. The van der Waals surface area contributed by atoms with Crippen LogP contribution in [0.3, 0.4) is 0 Å². The number of hydrogen-bond acceptors (Lipinski definition) is 3. The van der Waals surface area contributed by atoms with Crippen LogP contribution in [-0.4, -0.2) is 37.9 Å². The second kappa shape index (κ2) is 5.68. The summed E-state index contributed by atoms with van der Waals surface area (Å²) in [6, 6.07) is 5.40. The van der Waals surface area contributed by atoms with Crippen LogP contribution in [0.15, 0.2) is 18.2 Å². The van der Waals surface area contributed by atoms with Crippen molar-refractivity contribution in [1.29, 1.82) is 0 Å². The number of ether oxygens (including phenoxy) is 1. The molecule has 94 valence electrons. The molecule has 0 fully saturated rings. The van der Waals surface area contributed by atoms with Gasteiger partial charge in [0.25, 0.3) is 0 Å². The van der Waals surface area contributed by atoms with Crippen molar-refractivity contribution < 1.29 is 14.6 Å². The van der Waals surface area contributed by atoms with Crippen LogP contribution in [0, 0.1) is 6.92 Å². The summed E-state index contributed by atoms with van der Waals surface area (Å²) in [5.74, 6) is -0.896. The Kier molecular flexibility index (Phi) is 4.52. The van der Waals surface area contributed by atoms with E-state index >= 15 is 0 Å². The van der Waals surface area contributed by atoms with Crippen LogP contribution in [0.2, 0.25) is 0 Å². The van der Waals surface area contributed by atoms with Gasteiger partial charge in [-0.15, -0.1) is 0 Å². The first-order valence-electron chi connectivity index (χ1n) is 5.53. The van der Waals surface area contributed by atoms with Crippen molar-refractivity contribution in [3.63, 3.8) is 0 Å². The highest BCUT2D eigenvalue weighted by Crippen LogP contribution is 2.22. The summed E-state index contributed by atoms with van der Waals surface area (Å²) >= 11 is 0. The highest BCUT2D eigenvalue weighted by Gasteiger charge is 2.13. The lowest BCUT2D eigenvalue weighted by Crippen LogP contribution is -2.33. The molecule has 0 radical (unpaired) electrons. The Balaban J connectivity index is 2.95. The Morgan fingerprint density at radius 2 is 2.18 bits per heavy atom. The largest absolute Gasteiger partial charge is 0.478 e. The van der Waals surface area contributed by atoms with Crippen molar-refractivity contribution in [3.8, 4) is 0 Å². The summed E-state index contributed by atoms with van der Waals surface area (Å²) in [7, 11) is 3.65. The third kappa shape index (κ3) is 3.20. The lowest BCUT2D eigenvalue weighted by molar-refractivity contribution is 0.0697. The number of benzene rings is 1. The molecule has 0 saturated carbocycles. The summed E-state index contributed by atoms with van der Waals surface area (Å²) in [5, 5.41) is 8.90. The topological polar surface area (TPSA) is 49.8 Å². The molecule has 1 N–H and O–H groups in total. The monoisotopic (exact) mass is 237 g/mol. The van der Waals surface area contributed by atoms with Crippen molar-refractivity contribution >= 4 is 11.7 Å². The predicted molar refractivity (Wildman–Crippen MR) is 67.9 cm³/mol. The molecule has 1 aromatic rings. The van der Waals surface area contributed by atoms with E-state index in [1.807, 2.05) is 20.0 Å². The van der Waals surface area contributed by atoms with Crippen LogP contribution >= 0.6 is 0 Å². The van der Waals surface area contributed by atoms with Gasteiger partial charge in [0, 0.05) is 25.9 Å². The normalized spacial score (nSPS) is 12.2. The average molecular weight is 237 g/mol. The average Bonchev–Trinajstić information content (AvgIpc) is 2.28. The molecule has 4 heteroatoms. The van der Waals surface area contributed by atoms with Crippen molar-refractivity contribution in [2.24, 2.45) is 0 Å². The zero-order valence-corrected chi connectivity index (χ0v) is 10.7. The number of aromatic carboxylic acids is 1. The molecule has 0 saturated heterocycles. The minimum absolute atomic E-state index is 0.245. The number of methoxy groups -OCH3 is 1. The van der Waals surface area contributed by atoms with E-state index in [-0.39, 0.29) is 6.04 Å². The number of carboxylic acid groups (broad SMARTS) is 1. The van der Waals surface area contributed by atoms with E-state index in [9.17, 15) is 4.79 Å². The second-order valence-electron chi connectivity index (χ2n) is 4.22. The van der Waals surface area contributed by atoms with Gasteiger partial charge in [-0.05, 0) is 37.6 Å². The minimum Gasteiger partial charge on any atom is -0.478 e. The van der Waals surface area contributed by atoms with Gasteiger partial charge < -0.3 is 14.7 Å². The molecule has 1 rings (SSSR count). The number of aryl methyl sites for hydroxylation is 1. The van der Waals surface area contributed by atoms with E-state index in [1.54, 1.807) is 19.2 Å². The van der Waals surface area contributed by atoms with Gasteiger partial charge in [0.05, 0.1) is 12.2 Å². The zero-order chi connectivity index (χ0) is 13.0. The third-order valence-corrected chi connectivity index (χ3v) is 2.89. The second-order valence-corrected chi connectivity index (χ2v) is 4.22. The molecule has 0 aliphatic rings. The van der Waals surface area contributed by atoms with Gasteiger partial charge in [0.2, 0.25) is 0 Å². The van der Waals surface area contributed by atoms with Crippen LogP contribution in [-0.2, 0) is 4.74 Å². The molecular weight excluding hydrogens is 218 g/mol. The maximum atomic E-state index is 10.8. The van der Waals surface area contributed by atoms with Gasteiger partial charge in [0.15, 0.2) is 0 Å². The molecule has 1 aromatic carbocycles. The molecule has 1 atom stereocenters. The summed E-state index contributed by atoms with van der Waals surface area (Å²) < 4.78 is 5.11. The highest BCUT2D eigenvalue weighted by atomic mass is 16.5. The first-order valence-corrected chi connectivity index (χ1v) is 5.53. The fraction of sp³-hybridized carbons (Fsp3) is 0.462. The number of anilines is 1. The first kappa shape index (κ1) is 13.5. The van der Waals surface area contributed by atoms with Gasteiger partial charge in [-0.3, -0.25) is 0 Å². The van der Waals surface area contributed by atoms with Gasteiger partial charge in [-0.2, -0.15) is 0 Å². The SMILES string of the molecule is COCC(C)N(C)c1ccc(C(=O)O)cc1C. The van der Waals surface area contributed by atoms with Gasteiger partial charge in [-0.25, -0.2) is 4.79 Å². The van der Waals surface area contributed by atoms with Crippen molar-refractivity contribution in [2.45, 2.75) is 19.9 Å². The molecular formula is C13H19NO3. The van der Waals surface area contributed by atoms with Crippen LogP contribution in [0.25, 0.3) is 0 Å². The summed E-state index contributed by atoms with van der Waals surface area (Å²) in [5.41, 5.74) is 2.30. The molecule has 4 nitrogen and oxygen atoms in total. The minimum atomic E-state index is -0.896. The number of nitrogens with zero attached hydrogens (tertiary/aromatic N) is 1. The standard InChI is InChI=1S/C13H19NO3/c1-9-7-11(13(15)16)5-6-12(9)14(3)10(2)8-17-4/h5-7,10H,8H2,1-4H3,(H,15,16). The smallest absolute Gasteiger partial charge is 0.335 e. The maximum Gasteiger partial charge on any atom is 0.335 e. The van der Waals surface area contributed by atoms with Crippen molar-refractivity contribution in [2.75, 3.05) is 25.7 Å². The molecule has 17 heavy (non-hydrogen) atoms. The Labute approximate surface area is 102 Å². The van der Waals surface area contributed by atoms with Crippen LogP contribution in [0.4, 0.5) is 5.69 Å². The number of carboxylic acids is 1. The Morgan fingerprint density at radius 1 is 1.53 bits per heavy atom. The predicted octanol–water partition coefficient (Wildman–Crippen LogP) is 2.16. The molecule has 0 amide bonds. The van der Waals surface area contributed by atoms with E-state index in [4.69, 9.17) is 9.84 Å². The van der Waals surface area contributed by atoms with E-state index < -0.39 is 5.97 Å². The number of rotatable bonds is 5. The highest BCUT2D eigenvalue weighted by molar-refractivity contribution is 5.88. The summed E-state index contributed by atoms with van der Waals surface area (Å²) in [6.45, 7) is 4.61. The molecule has 0 bridgehead atoms. The van der Waals surface area contributed by atoms with Gasteiger partial charge in [-0.1, -0.05) is 0 Å². The number of hydrogen-bond donors (Lipinski definition) is 1. The van der Waals surface area contributed by atoms with Crippen molar-refractivity contribution in [3.05, 3.63) is 29.3 Å². The Bertz CT molecular complexity index is 404. The van der Waals surface area contributed by atoms with E-state index in [2.05, 4.69) is 11.8 Å². The van der Waals surface area contributed by atoms with E-state index in [1.165, 1.54) is 0 Å². The van der Waals surface area contributed by atoms with E-state index in [0.717, 1.165) is 11.3 Å². The fourth-order valence-corrected chi connectivity index (χ4v) is 1.77. The molecule has 0 heterocycles. The summed E-state index contributed by atoms with van der Waals surface area (Å²) in [6.07, 6.45) is 0. The quantitative estimate of drug-likeness (QED) is 0.852. The lowest BCUT2D eigenvalue weighted by atomic mass is 10.1. The fourth-order valence-electron chi connectivity index (χ4n) is 1.77. The Hall–Kier alpha value is -1.55. The number of carbonyl (C=O) groups is 1.